The first-order chi connectivity index (χ1) is 8.33. The number of nitrogens with zero attached hydrogens (tertiary/aromatic N) is 2. The molecule has 1 atom stereocenters. The Morgan fingerprint density at radius 2 is 2.47 bits per heavy atom. The van der Waals surface area contributed by atoms with Crippen LogP contribution in [0.15, 0.2) is 17.8 Å². The molecule has 0 bridgehead atoms. The highest BCUT2D eigenvalue weighted by molar-refractivity contribution is 7.16. The molecule has 88 valence electrons. The minimum Gasteiger partial charge on any atom is -0.367 e. The van der Waals surface area contributed by atoms with E-state index < -0.39 is 0 Å². The molecule has 0 aromatic carbocycles. The van der Waals surface area contributed by atoms with E-state index >= 15 is 0 Å². The Morgan fingerprint density at radius 3 is 3.29 bits per heavy atom. The number of carbonyl (C=O) groups is 1. The highest BCUT2D eigenvalue weighted by Gasteiger charge is 2.20. The fourth-order valence-corrected chi connectivity index (χ4v) is 2.71. The van der Waals surface area contributed by atoms with Crippen molar-refractivity contribution in [2.24, 2.45) is 0 Å². The van der Waals surface area contributed by atoms with Gasteiger partial charge in [0, 0.05) is 19.0 Å². The van der Waals surface area contributed by atoms with Crippen molar-refractivity contribution >= 4 is 33.3 Å². The lowest BCUT2D eigenvalue weighted by Crippen LogP contribution is -2.32. The summed E-state index contributed by atoms with van der Waals surface area (Å²) < 4.78 is 0. The lowest BCUT2D eigenvalue weighted by Gasteiger charge is -2.11. The van der Waals surface area contributed by atoms with Crippen LogP contribution >= 0.6 is 11.3 Å². The summed E-state index contributed by atoms with van der Waals surface area (Å²) in [5.74, 6) is 0.984. The molecule has 1 saturated heterocycles. The smallest absolute Gasteiger partial charge is 0.220 e. The lowest BCUT2D eigenvalue weighted by molar-refractivity contribution is -0.119. The second-order valence-electron chi connectivity index (χ2n) is 4.05. The minimum atomic E-state index is 0.139. The molecule has 0 radical (unpaired) electrons. The topological polar surface area (TPSA) is 66.9 Å². The van der Waals surface area contributed by atoms with Gasteiger partial charge in [0.15, 0.2) is 0 Å². The van der Waals surface area contributed by atoms with E-state index in [-0.39, 0.29) is 11.9 Å². The number of amides is 1. The molecular formula is C11H12N4OS. The molecule has 6 heteroatoms. The predicted molar refractivity (Wildman–Crippen MR) is 67.1 cm³/mol. The average Bonchev–Trinajstić information content (AvgIpc) is 2.94. The number of anilines is 1. The lowest BCUT2D eigenvalue weighted by atomic mass is 10.2. The Hall–Kier alpha value is -1.69. The molecule has 1 fully saturated rings. The van der Waals surface area contributed by atoms with Crippen molar-refractivity contribution in [1.29, 1.82) is 0 Å². The van der Waals surface area contributed by atoms with Gasteiger partial charge in [0.1, 0.15) is 17.0 Å². The molecule has 5 nitrogen and oxygen atoms in total. The number of rotatable bonds is 3. The Labute approximate surface area is 102 Å². The average molecular weight is 248 g/mol. The van der Waals surface area contributed by atoms with Crippen LogP contribution in [-0.2, 0) is 4.79 Å². The highest BCUT2D eigenvalue weighted by Crippen LogP contribution is 2.23. The number of hydrogen-bond donors (Lipinski definition) is 2. The zero-order chi connectivity index (χ0) is 11.7. The summed E-state index contributed by atoms with van der Waals surface area (Å²) >= 11 is 1.60. The van der Waals surface area contributed by atoms with Gasteiger partial charge in [-0.05, 0) is 17.9 Å². The number of aromatic nitrogens is 2. The molecule has 1 unspecified atom stereocenters. The Kier molecular flexibility index (Phi) is 2.64. The highest BCUT2D eigenvalue weighted by atomic mass is 32.1. The van der Waals surface area contributed by atoms with Crippen molar-refractivity contribution in [3.63, 3.8) is 0 Å². The Balaban J connectivity index is 1.72. The third-order valence-corrected chi connectivity index (χ3v) is 3.68. The largest absolute Gasteiger partial charge is 0.367 e. The summed E-state index contributed by atoms with van der Waals surface area (Å²) in [5.41, 5.74) is 0. The van der Waals surface area contributed by atoms with Gasteiger partial charge in [-0.15, -0.1) is 11.3 Å². The third kappa shape index (κ3) is 2.08. The number of nitrogens with one attached hydrogen (secondary N) is 2. The number of thiophene rings is 1. The zero-order valence-electron chi connectivity index (χ0n) is 9.14. The third-order valence-electron chi connectivity index (χ3n) is 2.86. The maximum atomic E-state index is 11.1. The molecule has 0 saturated carbocycles. The van der Waals surface area contributed by atoms with E-state index in [0.717, 1.165) is 22.5 Å². The standard InChI is InChI=1S/C11H12N4OS/c16-9-2-1-7(15-9)5-12-10-8-3-4-17-11(8)14-6-13-10/h3-4,6-7H,1-2,5H2,(H,15,16)(H,12,13,14). The van der Waals surface area contributed by atoms with Crippen molar-refractivity contribution in [3.8, 4) is 0 Å². The molecule has 2 aromatic rings. The van der Waals surface area contributed by atoms with E-state index in [1.807, 2.05) is 11.4 Å². The van der Waals surface area contributed by atoms with Crippen LogP contribution in [0.3, 0.4) is 0 Å². The molecule has 2 aromatic heterocycles. The number of fused-ring (bicyclic) bond motifs is 1. The molecule has 0 spiro atoms. The van der Waals surface area contributed by atoms with Crippen molar-refractivity contribution < 1.29 is 4.79 Å². The summed E-state index contributed by atoms with van der Waals surface area (Å²) in [4.78, 5) is 20.5. The quantitative estimate of drug-likeness (QED) is 0.861. The van der Waals surface area contributed by atoms with E-state index in [1.54, 1.807) is 17.7 Å². The van der Waals surface area contributed by atoms with Gasteiger partial charge in [0.2, 0.25) is 5.91 Å². The van der Waals surface area contributed by atoms with Crippen LogP contribution in [0.4, 0.5) is 5.82 Å². The van der Waals surface area contributed by atoms with Gasteiger partial charge < -0.3 is 10.6 Å². The minimum absolute atomic E-state index is 0.139. The van der Waals surface area contributed by atoms with Crippen LogP contribution in [0.5, 0.6) is 0 Å². The maximum absolute atomic E-state index is 11.1. The maximum Gasteiger partial charge on any atom is 0.220 e. The van der Waals surface area contributed by atoms with Gasteiger partial charge in [-0.3, -0.25) is 4.79 Å². The molecule has 1 aliphatic heterocycles. The normalized spacial score (nSPS) is 19.5. The van der Waals surface area contributed by atoms with E-state index in [2.05, 4.69) is 20.6 Å². The van der Waals surface area contributed by atoms with Crippen LogP contribution in [0.2, 0.25) is 0 Å². The summed E-state index contributed by atoms with van der Waals surface area (Å²) in [6, 6.07) is 2.22. The summed E-state index contributed by atoms with van der Waals surface area (Å²) in [6.45, 7) is 0.716. The van der Waals surface area contributed by atoms with Crippen LogP contribution < -0.4 is 10.6 Å². The predicted octanol–water partition coefficient (Wildman–Crippen LogP) is 1.38. The molecule has 1 amide bonds. The van der Waals surface area contributed by atoms with Gasteiger partial charge in [0.05, 0.1) is 5.39 Å². The first-order valence-corrected chi connectivity index (χ1v) is 6.42. The Morgan fingerprint density at radius 1 is 1.53 bits per heavy atom. The van der Waals surface area contributed by atoms with Crippen molar-refractivity contribution in [1.82, 2.24) is 15.3 Å². The molecule has 17 heavy (non-hydrogen) atoms. The second kappa shape index (κ2) is 4.29. The molecular weight excluding hydrogens is 236 g/mol. The fourth-order valence-electron chi connectivity index (χ4n) is 1.98. The summed E-state index contributed by atoms with van der Waals surface area (Å²) in [7, 11) is 0. The van der Waals surface area contributed by atoms with E-state index in [4.69, 9.17) is 0 Å². The van der Waals surface area contributed by atoms with Crippen LogP contribution in [-0.4, -0.2) is 28.5 Å². The second-order valence-corrected chi connectivity index (χ2v) is 4.94. The van der Waals surface area contributed by atoms with E-state index in [9.17, 15) is 4.79 Å². The van der Waals surface area contributed by atoms with Gasteiger partial charge in [0.25, 0.3) is 0 Å². The summed E-state index contributed by atoms with van der Waals surface area (Å²) in [6.07, 6.45) is 3.09. The number of carbonyl (C=O) groups excluding carboxylic acids is 1. The van der Waals surface area contributed by atoms with Crippen molar-refractivity contribution in [2.45, 2.75) is 18.9 Å². The molecule has 0 aliphatic carbocycles. The molecule has 2 N–H and O–H groups in total. The molecule has 1 aliphatic rings. The summed E-state index contributed by atoms with van der Waals surface area (Å²) in [5, 5.41) is 9.25. The van der Waals surface area contributed by atoms with Gasteiger partial charge in [-0.25, -0.2) is 9.97 Å². The first-order valence-electron chi connectivity index (χ1n) is 5.54. The first kappa shape index (κ1) is 10.5. The van der Waals surface area contributed by atoms with E-state index in [0.29, 0.717) is 13.0 Å². The zero-order valence-corrected chi connectivity index (χ0v) is 9.96. The number of hydrogen-bond acceptors (Lipinski definition) is 5. The van der Waals surface area contributed by atoms with Crippen LogP contribution in [0.1, 0.15) is 12.8 Å². The SMILES string of the molecule is O=C1CCC(CNc2ncnc3sccc23)N1. The van der Waals surface area contributed by atoms with Gasteiger partial charge >= 0.3 is 0 Å². The van der Waals surface area contributed by atoms with Crippen molar-refractivity contribution in [3.05, 3.63) is 17.8 Å². The van der Waals surface area contributed by atoms with E-state index in [1.165, 1.54) is 0 Å². The van der Waals surface area contributed by atoms with Gasteiger partial charge in [-0.2, -0.15) is 0 Å². The fraction of sp³-hybridized carbons (Fsp3) is 0.364. The van der Waals surface area contributed by atoms with Gasteiger partial charge in [-0.1, -0.05) is 0 Å². The molecule has 3 rings (SSSR count). The molecule has 3 heterocycles. The Bertz CT molecular complexity index is 553. The van der Waals surface area contributed by atoms with Crippen LogP contribution in [0, 0.1) is 0 Å². The van der Waals surface area contributed by atoms with Crippen molar-refractivity contribution in [2.75, 3.05) is 11.9 Å². The monoisotopic (exact) mass is 248 g/mol. The van der Waals surface area contributed by atoms with Crippen LogP contribution in [0.25, 0.3) is 10.2 Å².